The summed E-state index contributed by atoms with van der Waals surface area (Å²) >= 11 is 0. The van der Waals surface area contributed by atoms with Crippen LogP contribution in [0.2, 0.25) is 0 Å². The predicted molar refractivity (Wildman–Crippen MR) is 166 cm³/mol. The van der Waals surface area contributed by atoms with Gasteiger partial charge in [-0.05, 0) is 42.9 Å². The molecule has 4 nitrogen and oxygen atoms in total. The molecule has 1 rings (SSSR count). The molecular weight excluding hydrogens is 591 g/mol. The van der Waals surface area contributed by atoms with Crippen molar-refractivity contribution in [2.75, 3.05) is 0 Å². The van der Waals surface area contributed by atoms with Crippen LogP contribution in [0.5, 0.6) is 0 Å². The Labute approximate surface area is 260 Å². The summed E-state index contributed by atoms with van der Waals surface area (Å²) in [7, 11) is 0. The molecule has 0 bridgehead atoms. The number of carboxylic acids is 2. The van der Waals surface area contributed by atoms with Crippen molar-refractivity contribution in [2.45, 2.75) is 156 Å². The molecule has 0 amide bonds. The van der Waals surface area contributed by atoms with Crippen molar-refractivity contribution >= 4 is 35.8 Å². The molecule has 0 saturated heterocycles. The summed E-state index contributed by atoms with van der Waals surface area (Å²) < 4.78 is 0. The van der Waals surface area contributed by atoms with Crippen LogP contribution in [0.1, 0.15) is 166 Å². The van der Waals surface area contributed by atoms with E-state index < -0.39 is 11.9 Å². The van der Waals surface area contributed by atoms with Gasteiger partial charge in [0.25, 0.3) is 0 Å². The number of hydrogen-bond acceptors (Lipinski definition) is 4. The van der Waals surface area contributed by atoms with E-state index >= 15 is 0 Å². The van der Waals surface area contributed by atoms with Gasteiger partial charge in [-0.2, -0.15) is 0 Å². The maximum absolute atomic E-state index is 10.5. The number of rotatable bonds is 19. The Balaban J connectivity index is -0.000000245. The van der Waals surface area contributed by atoms with E-state index in [-0.39, 0.29) is 35.9 Å². The summed E-state index contributed by atoms with van der Waals surface area (Å²) in [5.41, 5.74) is 1.34. The average Bonchev–Trinajstić information content (AvgIpc) is 2.93. The summed E-state index contributed by atoms with van der Waals surface area (Å²) in [5, 5.41) is 20.7. The van der Waals surface area contributed by atoms with E-state index in [4.69, 9.17) is 0 Å². The van der Waals surface area contributed by atoms with Crippen LogP contribution in [0.4, 0.5) is 0 Å². The molecule has 0 saturated carbocycles. The summed E-state index contributed by atoms with van der Waals surface area (Å²) in [5.74, 6) is -2.00. The number of aromatic carboxylic acids is 1. The van der Waals surface area contributed by atoms with Gasteiger partial charge in [0.05, 0.1) is 5.97 Å². The first-order chi connectivity index (χ1) is 18.3. The molecule has 4 radical (unpaired) electrons. The van der Waals surface area contributed by atoms with E-state index in [2.05, 4.69) is 41.5 Å². The van der Waals surface area contributed by atoms with Crippen molar-refractivity contribution in [1.82, 2.24) is 0 Å². The van der Waals surface area contributed by atoms with Crippen LogP contribution in [0.3, 0.4) is 0 Å². The number of carboxylic acid groups (broad SMARTS) is 2. The number of unbranched alkanes of at least 4 members (excludes halogenated alkanes) is 14. The summed E-state index contributed by atoms with van der Waals surface area (Å²) in [6.07, 6.45) is 23.2. The van der Waals surface area contributed by atoms with Crippen molar-refractivity contribution in [3.63, 3.8) is 0 Å². The Kier molecular flexibility index (Phi) is 45.1. The van der Waals surface area contributed by atoms with Gasteiger partial charge in [0.2, 0.25) is 0 Å². The summed E-state index contributed by atoms with van der Waals surface area (Å²) in [4.78, 5) is 20.7. The van der Waals surface area contributed by atoms with Gasteiger partial charge in [-0.25, -0.2) is 0 Å². The summed E-state index contributed by atoms with van der Waals surface area (Å²) in [6, 6.07) is 6.95. The van der Waals surface area contributed by atoms with Gasteiger partial charge in [0.1, 0.15) is 0 Å². The Morgan fingerprint density at radius 2 is 1.05 bits per heavy atom. The maximum Gasteiger partial charge on any atom is 2.00 e. The zero-order valence-electron chi connectivity index (χ0n) is 26.0. The fourth-order valence-corrected chi connectivity index (χ4v) is 3.35. The van der Waals surface area contributed by atoms with Crippen molar-refractivity contribution in [1.29, 1.82) is 0 Å². The molecule has 0 unspecified atom stereocenters. The molecule has 39 heavy (non-hydrogen) atoms. The Morgan fingerprint density at radius 3 is 1.41 bits per heavy atom. The fourth-order valence-electron chi connectivity index (χ4n) is 3.35. The molecule has 0 aliphatic carbocycles. The molecule has 1 aromatic carbocycles. The maximum atomic E-state index is 10.5. The fraction of sp³-hybridized carbons (Fsp3) is 0.706. The molecule has 224 valence electrons. The minimum absolute atomic E-state index is 0. The molecule has 0 aliphatic heterocycles. The Morgan fingerprint density at radius 1 is 0.641 bits per heavy atom. The second-order valence-corrected chi connectivity index (χ2v) is 9.81. The molecule has 1 aromatic rings. The first-order valence-corrected chi connectivity index (χ1v) is 15.4. The number of benzene rings is 1. The molecule has 0 N–H and O–H groups in total. The van der Waals surface area contributed by atoms with Gasteiger partial charge in [-0.15, -0.1) is 0 Å². The number of hydrogen-bond donors (Lipinski definition) is 0. The number of carbonyl (C=O) groups is 2. The van der Waals surface area contributed by atoms with Gasteiger partial charge in [-0.3, -0.25) is 0 Å². The van der Waals surface area contributed by atoms with Crippen LogP contribution in [-0.2, 0) is 11.2 Å². The van der Waals surface area contributed by atoms with Crippen LogP contribution in [-0.4, -0.2) is 35.8 Å². The van der Waals surface area contributed by atoms with Gasteiger partial charge in [0.15, 0.2) is 0 Å². The molecule has 0 spiro atoms. The molecule has 0 heterocycles. The third kappa shape index (κ3) is 41.6. The predicted octanol–water partition coefficient (Wildman–Crippen LogP) is 8.08. The van der Waals surface area contributed by atoms with Crippen molar-refractivity contribution in [3.05, 3.63) is 49.2 Å². The molecule has 0 atom stereocenters. The number of aliphatic carboxylic acids is 1. The summed E-state index contributed by atoms with van der Waals surface area (Å²) in [6.45, 7) is 15.8. The normalized spacial score (nSPS) is 9.49. The smallest absolute Gasteiger partial charge is 0.550 e. The van der Waals surface area contributed by atoms with Crippen molar-refractivity contribution < 1.29 is 19.8 Å². The van der Waals surface area contributed by atoms with Gasteiger partial charge < -0.3 is 19.8 Å². The SMILES string of the molecule is CCCCCCCCCCCCCCC(=O)[O-].CCCCc1cccc(C(=O)[O-])c1.[CH2]CCC.[CH2]CCC.[Sn+2]. The zero-order chi connectivity index (χ0) is 29.3. The average molecular weight is 652 g/mol. The standard InChI is InChI=1S/C15H30O2.C11H14O2.2C4H9.Sn/c1-2-3-4-5-6-7-8-9-10-11-12-13-14-15(16)17;1-2-3-5-9-6-4-7-10(8-9)11(12)13;2*1-3-4-2;/h2-14H2,1H3,(H,16,17);4,6-8H,2-3,5H2,1H3,(H,12,13);2*1,3-4H2,2H3;/q;;;;+2/p-2. The van der Waals surface area contributed by atoms with E-state index in [0.29, 0.717) is 0 Å². The van der Waals surface area contributed by atoms with Crippen LogP contribution >= 0.6 is 0 Å². The molecule has 5 heteroatoms. The molecule has 0 fully saturated rings. The van der Waals surface area contributed by atoms with Gasteiger partial charge in [-0.1, -0.05) is 162 Å². The largest absolute Gasteiger partial charge is 2.00 e. The quantitative estimate of drug-likeness (QED) is 0.112. The first kappa shape index (κ1) is 45.0. The van der Waals surface area contributed by atoms with E-state index in [1.165, 1.54) is 77.0 Å². The van der Waals surface area contributed by atoms with E-state index in [0.717, 1.165) is 50.5 Å². The number of aryl methyl sites for hydroxylation is 1. The second-order valence-electron chi connectivity index (χ2n) is 9.81. The number of carbonyl (C=O) groups excluding carboxylic acids is 2. The second kappa shape index (κ2) is 39.1. The molecule has 0 aliphatic rings. The van der Waals surface area contributed by atoms with Crippen LogP contribution < -0.4 is 10.2 Å². The van der Waals surface area contributed by atoms with Crippen LogP contribution in [0.25, 0.3) is 0 Å². The van der Waals surface area contributed by atoms with Gasteiger partial charge >= 0.3 is 23.9 Å². The third-order valence-corrected chi connectivity index (χ3v) is 5.92. The topological polar surface area (TPSA) is 80.3 Å². The van der Waals surface area contributed by atoms with Crippen molar-refractivity contribution in [3.8, 4) is 0 Å². The first-order valence-electron chi connectivity index (χ1n) is 15.4. The minimum atomic E-state index is -1.10. The molecule has 0 aromatic heterocycles. The zero-order valence-corrected chi connectivity index (χ0v) is 28.9. The monoisotopic (exact) mass is 652 g/mol. The molecular formula is C34H60O4Sn. The van der Waals surface area contributed by atoms with E-state index in [1.54, 1.807) is 18.2 Å². The van der Waals surface area contributed by atoms with E-state index in [9.17, 15) is 19.8 Å². The third-order valence-electron chi connectivity index (χ3n) is 5.92. The van der Waals surface area contributed by atoms with E-state index in [1.807, 2.05) is 6.07 Å². The Bertz CT molecular complexity index is 611. The van der Waals surface area contributed by atoms with Gasteiger partial charge in [0, 0.05) is 5.97 Å². The minimum Gasteiger partial charge on any atom is -0.550 e. The van der Waals surface area contributed by atoms with Crippen LogP contribution in [0, 0.1) is 13.8 Å². The van der Waals surface area contributed by atoms with Crippen molar-refractivity contribution in [2.24, 2.45) is 0 Å². The van der Waals surface area contributed by atoms with Crippen LogP contribution in [0.15, 0.2) is 24.3 Å². The Hall–Kier alpha value is -1.04.